The average Bonchev–Trinajstić information content (AvgIpc) is 3.16. The minimum atomic E-state index is -3.25. The van der Waals surface area contributed by atoms with Crippen LogP contribution in [0.2, 0.25) is 0 Å². The summed E-state index contributed by atoms with van der Waals surface area (Å²) in [5.74, 6) is 0.236. The van der Waals surface area contributed by atoms with Gasteiger partial charge in [0, 0.05) is 29.9 Å². The number of sulfonamides is 1. The second-order valence-electron chi connectivity index (χ2n) is 5.64. The summed E-state index contributed by atoms with van der Waals surface area (Å²) in [6.45, 7) is 0.893. The van der Waals surface area contributed by atoms with Crippen LogP contribution in [0.3, 0.4) is 0 Å². The molecule has 1 fully saturated rings. The van der Waals surface area contributed by atoms with Crippen LogP contribution < -0.4 is 5.73 Å². The molecule has 1 aliphatic rings. The SMILES string of the molecule is Cl.N[C@@H]1CN(S(=O)(=O)CCc2cccs2)C[C@H]1c1ccccc1. The molecule has 4 nitrogen and oxygen atoms in total. The lowest BCUT2D eigenvalue weighted by Crippen LogP contribution is -2.34. The summed E-state index contributed by atoms with van der Waals surface area (Å²) in [5, 5.41) is 1.97. The lowest BCUT2D eigenvalue weighted by Gasteiger charge is -2.16. The second kappa shape index (κ2) is 7.77. The Morgan fingerprint density at radius 1 is 1.13 bits per heavy atom. The van der Waals surface area contributed by atoms with Crippen LogP contribution in [0.25, 0.3) is 0 Å². The highest BCUT2D eigenvalue weighted by Crippen LogP contribution is 2.28. The molecule has 0 spiro atoms. The van der Waals surface area contributed by atoms with Gasteiger partial charge in [-0.05, 0) is 23.4 Å². The minimum absolute atomic E-state index is 0. The van der Waals surface area contributed by atoms with Gasteiger partial charge < -0.3 is 5.73 Å². The van der Waals surface area contributed by atoms with Crippen molar-refractivity contribution in [2.24, 2.45) is 5.73 Å². The van der Waals surface area contributed by atoms with E-state index in [9.17, 15) is 8.42 Å². The van der Waals surface area contributed by atoms with E-state index in [1.807, 2.05) is 47.8 Å². The molecule has 126 valence electrons. The van der Waals surface area contributed by atoms with Gasteiger partial charge in [0.05, 0.1) is 5.75 Å². The van der Waals surface area contributed by atoms with Gasteiger partial charge in [0.1, 0.15) is 0 Å². The predicted octanol–water partition coefficient (Wildman–Crippen LogP) is 2.47. The summed E-state index contributed by atoms with van der Waals surface area (Å²) in [5.41, 5.74) is 7.30. The zero-order chi connectivity index (χ0) is 15.6. The van der Waals surface area contributed by atoms with Gasteiger partial charge in [-0.3, -0.25) is 0 Å². The van der Waals surface area contributed by atoms with Crippen molar-refractivity contribution in [3.8, 4) is 0 Å². The fourth-order valence-corrected chi connectivity index (χ4v) is 5.25. The molecule has 0 amide bonds. The molecule has 23 heavy (non-hydrogen) atoms. The minimum Gasteiger partial charge on any atom is -0.326 e. The summed E-state index contributed by atoms with van der Waals surface area (Å²) < 4.78 is 26.6. The van der Waals surface area contributed by atoms with E-state index in [0.717, 1.165) is 10.4 Å². The lowest BCUT2D eigenvalue weighted by atomic mass is 9.95. The molecule has 0 unspecified atom stereocenters. The van der Waals surface area contributed by atoms with E-state index in [2.05, 4.69) is 0 Å². The summed E-state index contributed by atoms with van der Waals surface area (Å²) in [6, 6.07) is 13.7. The maximum Gasteiger partial charge on any atom is 0.214 e. The van der Waals surface area contributed by atoms with E-state index in [4.69, 9.17) is 5.73 Å². The van der Waals surface area contributed by atoms with E-state index in [-0.39, 0.29) is 30.1 Å². The smallest absolute Gasteiger partial charge is 0.214 e. The van der Waals surface area contributed by atoms with Crippen molar-refractivity contribution >= 4 is 33.8 Å². The first kappa shape index (κ1) is 18.4. The number of rotatable bonds is 5. The van der Waals surface area contributed by atoms with Gasteiger partial charge in [-0.1, -0.05) is 36.4 Å². The quantitative estimate of drug-likeness (QED) is 0.876. The van der Waals surface area contributed by atoms with Crippen LogP contribution in [0, 0.1) is 0 Å². The number of hydrogen-bond donors (Lipinski definition) is 1. The van der Waals surface area contributed by atoms with Crippen LogP contribution in [0.5, 0.6) is 0 Å². The molecule has 2 N–H and O–H groups in total. The normalized spacial score (nSPS) is 22.0. The topological polar surface area (TPSA) is 63.4 Å². The van der Waals surface area contributed by atoms with E-state index < -0.39 is 10.0 Å². The number of nitrogens with zero attached hydrogens (tertiary/aromatic N) is 1. The fourth-order valence-electron chi connectivity index (χ4n) is 2.89. The van der Waals surface area contributed by atoms with Crippen molar-refractivity contribution in [2.45, 2.75) is 18.4 Å². The van der Waals surface area contributed by atoms with Crippen LogP contribution in [0.4, 0.5) is 0 Å². The van der Waals surface area contributed by atoms with Gasteiger partial charge in [0.2, 0.25) is 10.0 Å². The Hall–Kier alpha value is -0.920. The third-order valence-corrected chi connectivity index (χ3v) is 6.88. The largest absolute Gasteiger partial charge is 0.326 e. The van der Waals surface area contributed by atoms with Crippen molar-refractivity contribution in [2.75, 3.05) is 18.8 Å². The van der Waals surface area contributed by atoms with Crippen LogP contribution >= 0.6 is 23.7 Å². The first-order valence-corrected chi connectivity index (χ1v) is 9.86. The number of thiophene rings is 1. The molecule has 1 aliphatic heterocycles. The third-order valence-electron chi connectivity index (χ3n) is 4.14. The number of nitrogens with two attached hydrogens (primary N) is 1. The average molecular weight is 373 g/mol. The lowest BCUT2D eigenvalue weighted by molar-refractivity contribution is 0.470. The van der Waals surface area contributed by atoms with Crippen LogP contribution in [-0.2, 0) is 16.4 Å². The van der Waals surface area contributed by atoms with Crippen molar-refractivity contribution in [1.29, 1.82) is 0 Å². The highest BCUT2D eigenvalue weighted by atomic mass is 35.5. The zero-order valence-corrected chi connectivity index (χ0v) is 15.1. The first-order valence-electron chi connectivity index (χ1n) is 7.37. The predicted molar refractivity (Wildman–Crippen MR) is 97.8 cm³/mol. The summed E-state index contributed by atoms with van der Waals surface area (Å²) in [7, 11) is -3.25. The Morgan fingerprint density at radius 2 is 1.87 bits per heavy atom. The second-order valence-corrected chi connectivity index (χ2v) is 8.76. The van der Waals surface area contributed by atoms with E-state index in [0.29, 0.717) is 19.5 Å². The molecule has 2 aromatic rings. The Balaban J connectivity index is 0.00000192. The van der Waals surface area contributed by atoms with Crippen molar-refractivity contribution in [1.82, 2.24) is 4.31 Å². The van der Waals surface area contributed by atoms with Crippen molar-refractivity contribution in [3.05, 3.63) is 58.3 Å². The maximum absolute atomic E-state index is 12.5. The molecule has 1 saturated heterocycles. The number of aryl methyl sites for hydroxylation is 1. The molecular weight excluding hydrogens is 352 g/mol. The molecule has 0 radical (unpaired) electrons. The molecule has 0 aliphatic carbocycles. The molecule has 7 heteroatoms. The van der Waals surface area contributed by atoms with Crippen molar-refractivity contribution < 1.29 is 8.42 Å². The maximum atomic E-state index is 12.5. The van der Waals surface area contributed by atoms with E-state index in [1.165, 1.54) is 0 Å². The van der Waals surface area contributed by atoms with Gasteiger partial charge in [-0.25, -0.2) is 8.42 Å². The number of hydrogen-bond acceptors (Lipinski definition) is 4. The molecule has 0 saturated carbocycles. The van der Waals surface area contributed by atoms with Gasteiger partial charge in [-0.15, -0.1) is 23.7 Å². The Bertz CT molecular complexity index is 705. The summed E-state index contributed by atoms with van der Waals surface area (Å²) >= 11 is 1.60. The number of halogens is 1. The highest BCUT2D eigenvalue weighted by Gasteiger charge is 2.37. The Morgan fingerprint density at radius 3 is 2.52 bits per heavy atom. The molecule has 2 atom stereocenters. The van der Waals surface area contributed by atoms with Crippen LogP contribution in [0.15, 0.2) is 47.8 Å². The number of benzene rings is 1. The van der Waals surface area contributed by atoms with Crippen LogP contribution in [-0.4, -0.2) is 37.6 Å². The monoisotopic (exact) mass is 372 g/mol. The molecule has 0 bridgehead atoms. The Kier molecular flexibility index (Phi) is 6.22. The summed E-state index contributed by atoms with van der Waals surface area (Å²) in [4.78, 5) is 1.10. The van der Waals surface area contributed by atoms with Gasteiger partial charge in [0.25, 0.3) is 0 Å². The highest BCUT2D eigenvalue weighted by molar-refractivity contribution is 7.89. The van der Waals surface area contributed by atoms with E-state index >= 15 is 0 Å². The summed E-state index contributed by atoms with van der Waals surface area (Å²) in [6.07, 6.45) is 0.571. The molecule has 3 rings (SSSR count). The van der Waals surface area contributed by atoms with Crippen molar-refractivity contribution in [3.63, 3.8) is 0 Å². The van der Waals surface area contributed by atoms with Crippen LogP contribution in [0.1, 0.15) is 16.4 Å². The molecular formula is C16H21ClN2O2S2. The molecule has 1 aromatic heterocycles. The fraction of sp³-hybridized carbons (Fsp3) is 0.375. The van der Waals surface area contributed by atoms with Gasteiger partial charge in [0.15, 0.2) is 0 Å². The zero-order valence-electron chi connectivity index (χ0n) is 12.7. The molecule has 1 aromatic carbocycles. The van der Waals surface area contributed by atoms with E-state index in [1.54, 1.807) is 15.6 Å². The standard InChI is InChI=1S/C16H20N2O2S2.ClH/c17-16-12-18(11-15(16)13-5-2-1-3-6-13)22(19,20)10-8-14-7-4-9-21-14;/h1-7,9,15-16H,8,10-12,17H2;1H/t15-,16+;/m0./s1. The third kappa shape index (κ3) is 4.33. The van der Waals surface area contributed by atoms with Gasteiger partial charge in [-0.2, -0.15) is 4.31 Å². The first-order chi connectivity index (χ1) is 10.6. The Labute approximate surface area is 147 Å². The molecule has 2 heterocycles. The van der Waals surface area contributed by atoms with Gasteiger partial charge >= 0.3 is 0 Å².